The molecule has 1 rings (SSSR count). The Kier molecular flexibility index (Phi) is 2.61. The molecule has 74 valence electrons. The highest BCUT2D eigenvalue weighted by atomic mass is 19.4. The zero-order valence-corrected chi connectivity index (χ0v) is 7.56. The van der Waals surface area contributed by atoms with Gasteiger partial charge in [-0.25, -0.2) is 0 Å². The molecule has 0 saturated carbocycles. The first-order valence-electron chi connectivity index (χ1n) is 3.99. The topological polar surface area (TPSA) is 17.1 Å². The van der Waals surface area contributed by atoms with E-state index in [2.05, 4.69) is 0 Å². The Morgan fingerprint density at radius 2 is 2.14 bits per heavy atom. The maximum absolute atomic E-state index is 12.6. The standard InChI is InChI=1S/C9H8BF3O/c1-8(9(11,12)13)3-6(5-14)2-7(10)4-8/h2,4-5H,3H2,1H3. The molecule has 1 aliphatic carbocycles. The molecule has 0 aliphatic heterocycles. The van der Waals surface area contributed by atoms with Gasteiger partial charge < -0.3 is 0 Å². The Balaban J connectivity index is 3.08. The van der Waals surface area contributed by atoms with Crippen molar-refractivity contribution in [2.75, 3.05) is 0 Å². The summed E-state index contributed by atoms with van der Waals surface area (Å²) in [7, 11) is 5.30. The van der Waals surface area contributed by atoms with Crippen LogP contribution in [0.2, 0.25) is 0 Å². The monoisotopic (exact) mass is 200 g/mol. The van der Waals surface area contributed by atoms with Crippen LogP contribution in [-0.2, 0) is 4.79 Å². The number of hydrogen-bond donors (Lipinski definition) is 0. The molecule has 0 N–H and O–H groups in total. The summed E-state index contributed by atoms with van der Waals surface area (Å²) in [6.45, 7) is 1.02. The van der Waals surface area contributed by atoms with E-state index in [0.29, 0.717) is 6.29 Å². The maximum Gasteiger partial charge on any atom is 0.397 e. The van der Waals surface area contributed by atoms with Crippen molar-refractivity contribution in [1.82, 2.24) is 0 Å². The fraction of sp³-hybridized carbons (Fsp3) is 0.444. The van der Waals surface area contributed by atoms with Gasteiger partial charge in [0.05, 0.1) is 5.41 Å². The predicted octanol–water partition coefficient (Wildman–Crippen LogP) is 2.14. The van der Waals surface area contributed by atoms with Crippen LogP contribution >= 0.6 is 0 Å². The molecule has 0 spiro atoms. The SMILES string of the molecule is [B]C1=CC(C)(C(F)(F)F)CC(C=O)=C1. The molecule has 14 heavy (non-hydrogen) atoms. The fourth-order valence-corrected chi connectivity index (χ4v) is 1.41. The highest BCUT2D eigenvalue weighted by Gasteiger charge is 2.50. The van der Waals surface area contributed by atoms with Gasteiger partial charge in [0, 0.05) is 0 Å². The van der Waals surface area contributed by atoms with E-state index in [1.165, 1.54) is 6.08 Å². The first-order chi connectivity index (χ1) is 6.28. The van der Waals surface area contributed by atoms with E-state index >= 15 is 0 Å². The number of allylic oxidation sites excluding steroid dienone is 4. The lowest BCUT2D eigenvalue weighted by Gasteiger charge is -2.32. The van der Waals surface area contributed by atoms with Gasteiger partial charge >= 0.3 is 6.18 Å². The Hall–Kier alpha value is -0.995. The van der Waals surface area contributed by atoms with E-state index in [4.69, 9.17) is 7.85 Å². The van der Waals surface area contributed by atoms with Crippen LogP contribution in [0.3, 0.4) is 0 Å². The van der Waals surface area contributed by atoms with E-state index in [0.717, 1.165) is 13.0 Å². The molecule has 0 bridgehead atoms. The third-order valence-corrected chi connectivity index (χ3v) is 2.21. The van der Waals surface area contributed by atoms with Gasteiger partial charge in [0.2, 0.25) is 0 Å². The molecular formula is C9H8BF3O. The van der Waals surface area contributed by atoms with Crippen LogP contribution in [0, 0.1) is 5.41 Å². The van der Waals surface area contributed by atoms with Crippen molar-refractivity contribution in [2.24, 2.45) is 5.41 Å². The lowest BCUT2D eigenvalue weighted by atomic mass is 9.73. The van der Waals surface area contributed by atoms with Gasteiger partial charge in [-0.1, -0.05) is 17.6 Å². The summed E-state index contributed by atoms with van der Waals surface area (Å²) in [5.74, 6) is 0. The molecule has 0 aromatic carbocycles. The molecule has 0 heterocycles. The van der Waals surface area contributed by atoms with Gasteiger partial charge in [0.1, 0.15) is 14.1 Å². The molecule has 1 nitrogen and oxygen atoms in total. The summed E-state index contributed by atoms with van der Waals surface area (Å²) in [6, 6.07) is 0. The van der Waals surface area contributed by atoms with E-state index in [1.54, 1.807) is 0 Å². The average molecular weight is 200 g/mol. The van der Waals surface area contributed by atoms with Crippen LogP contribution in [0.25, 0.3) is 0 Å². The average Bonchev–Trinajstić information content (AvgIpc) is 2.00. The number of alkyl halides is 3. The minimum atomic E-state index is -4.39. The van der Waals surface area contributed by atoms with E-state index in [-0.39, 0.29) is 17.5 Å². The Bertz CT molecular complexity index is 317. The number of halogens is 3. The molecule has 1 atom stereocenters. The number of carbonyl (C=O) groups excluding carboxylic acids is 1. The number of rotatable bonds is 1. The third kappa shape index (κ3) is 1.91. The Labute approximate surface area is 81.1 Å². The summed E-state index contributed by atoms with van der Waals surface area (Å²) in [6.07, 6.45) is -2.12. The molecule has 1 aliphatic rings. The van der Waals surface area contributed by atoms with Gasteiger partial charge in [-0.15, -0.1) is 0 Å². The van der Waals surface area contributed by atoms with Gasteiger partial charge in [0.25, 0.3) is 0 Å². The summed E-state index contributed by atoms with van der Waals surface area (Å²) in [4.78, 5) is 10.4. The van der Waals surface area contributed by atoms with Crippen molar-refractivity contribution < 1.29 is 18.0 Å². The van der Waals surface area contributed by atoms with Gasteiger partial charge in [-0.2, -0.15) is 13.2 Å². The predicted molar refractivity (Wildman–Crippen MR) is 46.8 cm³/mol. The molecule has 0 fully saturated rings. The van der Waals surface area contributed by atoms with Crippen molar-refractivity contribution in [3.05, 3.63) is 23.2 Å². The van der Waals surface area contributed by atoms with Crippen LogP contribution in [0.1, 0.15) is 13.3 Å². The van der Waals surface area contributed by atoms with Crippen molar-refractivity contribution in [3.8, 4) is 0 Å². The summed E-state index contributed by atoms with van der Waals surface area (Å²) >= 11 is 0. The second-order valence-corrected chi connectivity index (χ2v) is 3.57. The molecule has 5 heteroatoms. The van der Waals surface area contributed by atoms with Crippen molar-refractivity contribution >= 4 is 14.1 Å². The molecule has 0 aromatic rings. The molecule has 0 aromatic heterocycles. The maximum atomic E-state index is 12.6. The highest BCUT2D eigenvalue weighted by molar-refractivity contribution is 6.24. The van der Waals surface area contributed by atoms with Crippen LogP contribution < -0.4 is 0 Å². The van der Waals surface area contributed by atoms with E-state index in [9.17, 15) is 18.0 Å². The number of hydrogen-bond acceptors (Lipinski definition) is 1. The van der Waals surface area contributed by atoms with Gasteiger partial charge in [-0.3, -0.25) is 4.79 Å². The first-order valence-corrected chi connectivity index (χ1v) is 3.99. The van der Waals surface area contributed by atoms with Crippen molar-refractivity contribution in [2.45, 2.75) is 19.5 Å². The van der Waals surface area contributed by atoms with Crippen molar-refractivity contribution in [1.29, 1.82) is 0 Å². The van der Waals surface area contributed by atoms with Crippen LogP contribution in [-0.4, -0.2) is 20.3 Å². The molecular weight excluding hydrogens is 192 g/mol. The van der Waals surface area contributed by atoms with E-state index < -0.39 is 11.6 Å². The van der Waals surface area contributed by atoms with Crippen LogP contribution in [0.15, 0.2) is 23.2 Å². The number of carbonyl (C=O) groups is 1. The summed E-state index contributed by atoms with van der Waals surface area (Å²) in [5.41, 5.74) is -1.97. The highest BCUT2D eigenvalue weighted by Crippen LogP contribution is 2.46. The molecule has 0 saturated heterocycles. The van der Waals surface area contributed by atoms with Crippen molar-refractivity contribution in [3.63, 3.8) is 0 Å². The second-order valence-electron chi connectivity index (χ2n) is 3.57. The number of aldehydes is 1. The molecule has 1 unspecified atom stereocenters. The van der Waals surface area contributed by atoms with Crippen LogP contribution in [0.4, 0.5) is 13.2 Å². The smallest absolute Gasteiger partial charge is 0.298 e. The Morgan fingerprint density at radius 3 is 2.57 bits per heavy atom. The lowest BCUT2D eigenvalue weighted by molar-refractivity contribution is -0.199. The normalized spacial score (nSPS) is 28.0. The Morgan fingerprint density at radius 1 is 1.57 bits per heavy atom. The summed E-state index contributed by atoms with van der Waals surface area (Å²) < 4.78 is 37.7. The minimum Gasteiger partial charge on any atom is -0.298 e. The lowest BCUT2D eigenvalue weighted by Crippen LogP contribution is -2.35. The van der Waals surface area contributed by atoms with Crippen LogP contribution in [0.5, 0.6) is 0 Å². The zero-order chi connectivity index (χ0) is 11.0. The summed E-state index contributed by atoms with van der Waals surface area (Å²) in [5, 5.41) is 0. The molecule has 2 radical (unpaired) electrons. The molecule has 0 amide bonds. The third-order valence-electron chi connectivity index (χ3n) is 2.21. The zero-order valence-electron chi connectivity index (χ0n) is 7.56. The minimum absolute atomic E-state index is 0.0156. The second kappa shape index (κ2) is 3.30. The first kappa shape index (κ1) is 11.1. The van der Waals surface area contributed by atoms with E-state index in [1.807, 2.05) is 0 Å². The van der Waals surface area contributed by atoms with Gasteiger partial charge in [-0.05, 0) is 18.9 Å². The van der Waals surface area contributed by atoms with Gasteiger partial charge in [0.15, 0.2) is 0 Å². The quantitative estimate of drug-likeness (QED) is 0.468. The largest absolute Gasteiger partial charge is 0.397 e. The fourth-order valence-electron chi connectivity index (χ4n) is 1.41.